The summed E-state index contributed by atoms with van der Waals surface area (Å²) in [5, 5.41) is 4.41. The van der Waals surface area contributed by atoms with Crippen LogP contribution in [0.15, 0.2) is 36.4 Å². The molecule has 1 N–H and O–H groups in total. The lowest BCUT2D eigenvalue weighted by Crippen LogP contribution is -1.92. The molecule has 0 atom stereocenters. The molecule has 0 unspecified atom stereocenters. The zero-order chi connectivity index (χ0) is 13.1. The molecule has 0 saturated heterocycles. The molecular weight excluding hydrogens is 269 g/mol. The van der Waals surface area contributed by atoms with Gasteiger partial charge in [-0.25, -0.2) is 0 Å². The third kappa shape index (κ3) is 2.89. The van der Waals surface area contributed by atoms with E-state index in [1.807, 2.05) is 37.3 Å². The van der Waals surface area contributed by atoms with Crippen molar-refractivity contribution >= 4 is 34.6 Å². The van der Waals surface area contributed by atoms with E-state index in [2.05, 4.69) is 5.32 Å². The summed E-state index contributed by atoms with van der Waals surface area (Å²) >= 11 is 12.1. The minimum atomic E-state index is 0.549. The summed E-state index contributed by atoms with van der Waals surface area (Å²) in [6.07, 6.45) is 0. The molecule has 2 aromatic carbocycles. The van der Waals surface area contributed by atoms with Crippen molar-refractivity contribution in [3.05, 3.63) is 52.0 Å². The maximum absolute atomic E-state index is 6.04. The average Bonchev–Trinajstić information content (AvgIpc) is 2.37. The summed E-state index contributed by atoms with van der Waals surface area (Å²) in [5.74, 6) is 0.825. The van der Waals surface area contributed by atoms with Gasteiger partial charge in [-0.2, -0.15) is 0 Å². The molecule has 18 heavy (non-hydrogen) atoms. The first-order valence-corrected chi connectivity index (χ1v) is 6.22. The van der Waals surface area contributed by atoms with Gasteiger partial charge in [-0.3, -0.25) is 0 Å². The third-order valence-electron chi connectivity index (χ3n) is 2.59. The van der Waals surface area contributed by atoms with Gasteiger partial charge in [-0.05, 0) is 48.9 Å². The predicted octanol–water partition coefficient (Wildman–Crippen LogP) is 5.05. The van der Waals surface area contributed by atoms with E-state index < -0.39 is 0 Å². The van der Waals surface area contributed by atoms with E-state index in [9.17, 15) is 0 Å². The molecular formula is C14H13Cl2NO. The molecule has 2 nitrogen and oxygen atoms in total. The fraction of sp³-hybridized carbons (Fsp3) is 0.143. The van der Waals surface area contributed by atoms with Gasteiger partial charge in [0.25, 0.3) is 0 Å². The molecule has 94 valence electrons. The van der Waals surface area contributed by atoms with Crippen molar-refractivity contribution in [1.82, 2.24) is 0 Å². The van der Waals surface area contributed by atoms with Crippen LogP contribution in [0, 0.1) is 6.92 Å². The van der Waals surface area contributed by atoms with Crippen LogP contribution >= 0.6 is 23.2 Å². The Balaban J connectivity index is 2.23. The Kier molecular flexibility index (Phi) is 4.00. The van der Waals surface area contributed by atoms with E-state index in [4.69, 9.17) is 27.9 Å². The van der Waals surface area contributed by atoms with E-state index in [0.717, 1.165) is 22.7 Å². The zero-order valence-electron chi connectivity index (χ0n) is 10.1. The number of rotatable bonds is 3. The van der Waals surface area contributed by atoms with E-state index in [1.165, 1.54) is 0 Å². The number of aryl methyl sites for hydroxylation is 1. The summed E-state index contributed by atoms with van der Waals surface area (Å²) in [5.41, 5.74) is 2.82. The number of benzene rings is 2. The van der Waals surface area contributed by atoms with Crippen molar-refractivity contribution < 1.29 is 4.74 Å². The van der Waals surface area contributed by atoms with Crippen molar-refractivity contribution in [2.75, 3.05) is 12.4 Å². The second-order valence-electron chi connectivity index (χ2n) is 3.94. The van der Waals surface area contributed by atoms with Crippen LogP contribution in [0.2, 0.25) is 10.0 Å². The van der Waals surface area contributed by atoms with Crippen LogP contribution in [0.5, 0.6) is 5.75 Å². The van der Waals surface area contributed by atoms with Crippen molar-refractivity contribution in [1.29, 1.82) is 0 Å². The van der Waals surface area contributed by atoms with Gasteiger partial charge in [0, 0.05) is 11.4 Å². The van der Waals surface area contributed by atoms with Crippen LogP contribution < -0.4 is 10.1 Å². The van der Waals surface area contributed by atoms with Crippen LogP contribution in [-0.4, -0.2) is 7.11 Å². The van der Waals surface area contributed by atoms with Crippen molar-refractivity contribution in [2.24, 2.45) is 0 Å². The normalized spacial score (nSPS) is 10.2. The minimum absolute atomic E-state index is 0.549. The van der Waals surface area contributed by atoms with E-state index in [1.54, 1.807) is 13.2 Å². The molecule has 0 radical (unpaired) electrons. The van der Waals surface area contributed by atoms with E-state index in [-0.39, 0.29) is 0 Å². The Labute approximate surface area is 116 Å². The van der Waals surface area contributed by atoms with Gasteiger partial charge in [0.15, 0.2) is 0 Å². The van der Waals surface area contributed by atoms with Gasteiger partial charge in [-0.1, -0.05) is 23.2 Å². The number of anilines is 2. The van der Waals surface area contributed by atoms with E-state index >= 15 is 0 Å². The monoisotopic (exact) mass is 281 g/mol. The first kappa shape index (κ1) is 13.1. The molecule has 0 saturated carbocycles. The highest BCUT2D eigenvalue weighted by Crippen LogP contribution is 2.30. The standard InChI is InChI=1S/C14H13Cl2NO/c1-9-7-11(8-13(15)14(9)16)17-10-3-5-12(18-2)6-4-10/h3-8,17H,1-2H3. The molecule has 0 amide bonds. The average molecular weight is 282 g/mol. The molecule has 2 rings (SSSR count). The SMILES string of the molecule is COc1ccc(Nc2cc(C)c(Cl)c(Cl)c2)cc1. The van der Waals surface area contributed by atoms with Crippen molar-refractivity contribution in [3.8, 4) is 5.75 Å². The highest BCUT2D eigenvalue weighted by Gasteiger charge is 2.04. The molecule has 2 aromatic rings. The smallest absolute Gasteiger partial charge is 0.119 e. The Bertz CT molecular complexity index is 529. The van der Waals surface area contributed by atoms with Gasteiger partial charge in [0.2, 0.25) is 0 Å². The Hall–Kier alpha value is -1.38. The topological polar surface area (TPSA) is 21.3 Å². The molecule has 0 aliphatic heterocycles. The lowest BCUT2D eigenvalue weighted by molar-refractivity contribution is 0.415. The fourth-order valence-electron chi connectivity index (χ4n) is 1.64. The third-order valence-corrected chi connectivity index (χ3v) is 3.49. The van der Waals surface area contributed by atoms with Gasteiger partial charge >= 0.3 is 0 Å². The molecule has 0 aliphatic rings. The second-order valence-corrected chi connectivity index (χ2v) is 4.73. The van der Waals surface area contributed by atoms with Crippen LogP contribution in [0.3, 0.4) is 0 Å². The zero-order valence-corrected chi connectivity index (χ0v) is 11.6. The maximum atomic E-state index is 6.04. The highest BCUT2D eigenvalue weighted by atomic mass is 35.5. The summed E-state index contributed by atoms with van der Waals surface area (Å²) in [6, 6.07) is 11.4. The summed E-state index contributed by atoms with van der Waals surface area (Å²) < 4.78 is 5.11. The maximum Gasteiger partial charge on any atom is 0.119 e. The van der Waals surface area contributed by atoms with Crippen LogP contribution in [-0.2, 0) is 0 Å². The predicted molar refractivity (Wildman–Crippen MR) is 77.5 cm³/mol. The van der Waals surface area contributed by atoms with E-state index in [0.29, 0.717) is 10.0 Å². The first-order chi connectivity index (χ1) is 8.60. The molecule has 0 aromatic heterocycles. The number of hydrogen-bond acceptors (Lipinski definition) is 2. The van der Waals surface area contributed by atoms with Crippen molar-refractivity contribution in [2.45, 2.75) is 6.92 Å². The molecule has 0 heterocycles. The van der Waals surface area contributed by atoms with Crippen molar-refractivity contribution in [3.63, 3.8) is 0 Å². The summed E-state index contributed by atoms with van der Waals surface area (Å²) in [4.78, 5) is 0. The number of hydrogen-bond donors (Lipinski definition) is 1. The number of halogens is 2. The fourth-order valence-corrected chi connectivity index (χ4v) is 2.02. The Morgan fingerprint density at radius 2 is 1.67 bits per heavy atom. The molecule has 0 fully saturated rings. The highest BCUT2D eigenvalue weighted by molar-refractivity contribution is 6.42. The lowest BCUT2D eigenvalue weighted by Gasteiger charge is -2.10. The van der Waals surface area contributed by atoms with Gasteiger partial charge in [0.1, 0.15) is 5.75 Å². The molecule has 4 heteroatoms. The van der Waals surface area contributed by atoms with Crippen LogP contribution in [0.4, 0.5) is 11.4 Å². The van der Waals surface area contributed by atoms with Gasteiger partial charge in [0.05, 0.1) is 17.2 Å². The van der Waals surface area contributed by atoms with Gasteiger partial charge < -0.3 is 10.1 Å². The second kappa shape index (κ2) is 5.51. The number of nitrogens with one attached hydrogen (secondary N) is 1. The molecule has 0 bridgehead atoms. The summed E-state index contributed by atoms with van der Waals surface area (Å²) in [7, 11) is 1.64. The number of methoxy groups -OCH3 is 1. The van der Waals surface area contributed by atoms with Crippen LogP contribution in [0.1, 0.15) is 5.56 Å². The van der Waals surface area contributed by atoms with Crippen LogP contribution in [0.25, 0.3) is 0 Å². The molecule has 0 spiro atoms. The molecule has 0 aliphatic carbocycles. The minimum Gasteiger partial charge on any atom is -0.497 e. The number of ether oxygens (including phenoxy) is 1. The Morgan fingerprint density at radius 1 is 1.00 bits per heavy atom. The lowest BCUT2D eigenvalue weighted by atomic mass is 10.2. The summed E-state index contributed by atoms with van der Waals surface area (Å²) in [6.45, 7) is 1.92. The largest absolute Gasteiger partial charge is 0.497 e. The van der Waals surface area contributed by atoms with Gasteiger partial charge in [-0.15, -0.1) is 0 Å². The Morgan fingerprint density at radius 3 is 2.22 bits per heavy atom. The quantitative estimate of drug-likeness (QED) is 0.850. The first-order valence-electron chi connectivity index (χ1n) is 5.47.